The van der Waals surface area contributed by atoms with Crippen molar-refractivity contribution in [2.75, 3.05) is 37.6 Å². The molecule has 2 amide bonds. The van der Waals surface area contributed by atoms with Gasteiger partial charge in [0.15, 0.2) is 11.6 Å². The third-order valence-corrected chi connectivity index (χ3v) is 11.9. The average molecular weight is 647 g/mol. The Morgan fingerprint density at radius 2 is 1.81 bits per heavy atom. The zero-order valence-corrected chi connectivity index (χ0v) is 28.6. The fraction of sp³-hybridized carbons (Fsp3) is 0.676. The number of nitrogens with zero attached hydrogens (tertiary/aromatic N) is 5. The molecule has 1 aromatic heterocycles. The summed E-state index contributed by atoms with van der Waals surface area (Å²) in [7, 11) is 0. The largest absolute Gasteiger partial charge is 0.451 e. The molecule has 5 aliphatic rings. The van der Waals surface area contributed by atoms with E-state index in [0.717, 1.165) is 84.1 Å². The van der Waals surface area contributed by atoms with Gasteiger partial charge in [0, 0.05) is 48.1 Å². The van der Waals surface area contributed by atoms with Crippen molar-refractivity contribution in [2.24, 2.45) is 16.7 Å². The van der Waals surface area contributed by atoms with E-state index in [2.05, 4.69) is 38.9 Å². The highest BCUT2D eigenvalue weighted by Crippen LogP contribution is 2.47. The van der Waals surface area contributed by atoms with E-state index >= 15 is 0 Å². The second kappa shape index (κ2) is 12.3. The van der Waals surface area contributed by atoms with Crippen LogP contribution in [0.1, 0.15) is 102 Å². The lowest BCUT2D eigenvalue weighted by Crippen LogP contribution is -2.61. The minimum Gasteiger partial charge on any atom is -0.451 e. The first kappa shape index (κ1) is 32.3. The van der Waals surface area contributed by atoms with Gasteiger partial charge in [-0.15, -0.1) is 0 Å². The van der Waals surface area contributed by atoms with E-state index < -0.39 is 5.82 Å². The average Bonchev–Trinajstić information content (AvgIpc) is 3.23. The number of hydrogen-bond acceptors (Lipinski definition) is 7. The van der Waals surface area contributed by atoms with Crippen LogP contribution in [0.25, 0.3) is 0 Å². The molecule has 0 radical (unpaired) electrons. The van der Waals surface area contributed by atoms with E-state index in [-0.39, 0.29) is 45.8 Å². The Bertz CT molecular complexity index is 1480. The van der Waals surface area contributed by atoms with Gasteiger partial charge in [0.1, 0.15) is 17.9 Å². The fourth-order valence-corrected chi connectivity index (χ4v) is 9.02. The highest BCUT2D eigenvalue weighted by molar-refractivity contribution is 5.97. The minimum absolute atomic E-state index is 0.00631. The molecule has 2 spiro atoms. The molecule has 3 saturated heterocycles. The van der Waals surface area contributed by atoms with Gasteiger partial charge < -0.3 is 24.8 Å². The van der Waals surface area contributed by atoms with Crippen molar-refractivity contribution in [2.45, 2.75) is 110 Å². The molecule has 47 heavy (non-hydrogen) atoms. The van der Waals surface area contributed by atoms with Gasteiger partial charge in [0.05, 0.1) is 11.8 Å². The number of piperidine rings is 1. The molecular weight excluding hydrogens is 595 g/mol. The number of benzene rings is 1. The van der Waals surface area contributed by atoms with Gasteiger partial charge in [-0.05, 0) is 115 Å². The quantitative estimate of drug-likeness (QED) is 0.366. The highest BCUT2D eigenvalue weighted by Gasteiger charge is 2.50. The molecule has 7 rings (SSSR count). The Labute approximate surface area is 278 Å². The number of carbonyl (C=O) groups is 2. The van der Waals surface area contributed by atoms with E-state index in [0.29, 0.717) is 23.2 Å². The van der Waals surface area contributed by atoms with Crippen molar-refractivity contribution in [1.82, 2.24) is 25.1 Å². The normalized spacial score (nSPS) is 27.1. The molecule has 0 unspecified atom stereocenters. The molecule has 4 heterocycles. The van der Waals surface area contributed by atoms with Gasteiger partial charge >= 0.3 is 0 Å². The first-order chi connectivity index (χ1) is 22.4. The van der Waals surface area contributed by atoms with Gasteiger partial charge in [-0.2, -0.15) is 0 Å². The van der Waals surface area contributed by atoms with Crippen molar-refractivity contribution in [1.29, 1.82) is 0 Å². The molecule has 0 atom stereocenters. The summed E-state index contributed by atoms with van der Waals surface area (Å²) < 4.78 is 20.8. The van der Waals surface area contributed by atoms with Gasteiger partial charge in [0.2, 0.25) is 5.91 Å². The molecule has 1 aromatic carbocycles. The third-order valence-electron chi connectivity index (χ3n) is 11.9. The van der Waals surface area contributed by atoms with Crippen molar-refractivity contribution in [3.8, 4) is 11.5 Å². The second-order valence-corrected chi connectivity index (χ2v) is 16.2. The number of carbonyl (C=O) groups excluding carboxylic acids is 2. The van der Waals surface area contributed by atoms with E-state index in [4.69, 9.17) is 4.74 Å². The fourth-order valence-electron chi connectivity index (χ4n) is 9.02. The number of amides is 2. The predicted octanol–water partition coefficient (Wildman–Crippen LogP) is 6.19. The van der Waals surface area contributed by atoms with E-state index in [1.807, 2.05) is 18.7 Å². The Balaban J connectivity index is 0.949. The van der Waals surface area contributed by atoms with Crippen molar-refractivity contribution < 1.29 is 18.7 Å². The molecule has 1 N–H and O–H groups in total. The number of hydrogen-bond donors (Lipinski definition) is 1. The minimum atomic E-state index is -0.461. The smallest absolute Gasteiger partial charge is 0.258 e. The third kappa shape index (κ3) is 6.34. The van der Waals surface area contributed by atoms with Crippen molar-refractivity contribution >= 4 is 17.6 Å². The van der Waals surface area contributed by atoms with Crippen LogP contribution in [-0.2, 0) is 4.79 Å². The maximum absolute atomic E-state index is 14.5. The predicted molar refractivity (Wildman–Crippen MR) is 179 cm³/mol. The van der Waals surface area contributed by atoms with Gasteiger partial charge in [-0.25, -0.2) is 14.4 Å². The second-order valence-electron chi connectivity index (χ2n) is 16.2. The van der Waals surface area contributed by atoms with Crippen molar-refractivity contribution in [3.05, 3.63) is 42.1 Å². The zero-order chi connectivity index (χ0) is 33.0. The maximum Gasteiger partial charge on any atom is 0.258 e. The number of halogens is 1. The standard InChI is InChI=1S/C37H51FN6O3/c1-25(2)44(28-6-5-7-28)33(45)29-18-27(38)8-9-30(29)47-31-19-39-24-40-32(31)43-22-36(23-43)14-16-42(17-15-36)20-26-10-12-37(13-11-26)21-35(3,4)34(46)41-37/h8-9,18-19,24-26,28H,5-7,10-17,20-23H2,1-4H3,(H,41,46). The molecule has 5 fully saturated rings. The summed E-state index contributed by atoms with van der Waals surface area (Å²) in [6, 6.07) is 4.36. The molecular formula is C37H51FN6O3. The lowest BCUT2D eigenvalue weighted by molar-refractivity contribution is -0.126. The Hall–Kier alpha value is -3.27. The first-order valence-electron chi connectivity index (χ1n) is 17.8. The maximum atomic E-state index is 14.5. The molecule has 10 heteroatoms. The highest BCUT2D eigenvalue weighted by atomic mass is 19.1. The zero-order valence-electron chi connectivity index (χ0n) is 28.6. The monoisotopic (exact) mass is 646 g/mol. The van der Waals surface area contributed by atoms with Crippen LogP contribution in [-0.4, -0.2) is 81.9 Å². The Morgan fingerprint density at radius 3 is 2.43 bits per heavy atom. The number of anilines is 1. The molecule has 9 nitrogen and oxygen atoms in total. The SMILES string of the molecule is CC(C)N(C(=O)c1cc(F)ccc1Oc1cncnc1N1CC2(CCN(CC3CCC4(CC3)CC(C)(C)C(=O)N4)CC2)C1)C1CCC1. The Kier molecular flexibility index (Phi) is 8.46. The van der Waals surface area contributed by atoms with E-state index in [1.165, 1.54) is 31.3 Å². The number of likely N-dealkylation sites (tertiary alicyclic amines) is 1. The topological polar surface area (TPSA) is 90.9 Å². The van der Waals surface area contributed by atoms with Gasteiger partial charge in [0.25, 0.3) is 5.91 Å². The van der Waals surface area contributed by atoms with Crippen LogP contribution in [0, 0.1) is 22.6 Å². The van der Waals surface area contributed by atoms with Crippen LogP contribution in [0.4, 0.5) is 10.2 Å². The van der Waals surface area contributed by atoms with Gasteiger partial charge in [-0.3, -0.25) is 9.59 Å². The van der Waals surface area contributed by atoms with Crippen LogP contribution in [0.15, 0.2) is 30.7 Å². The molecule has 2 saturated carbocycles. The molecule has 254 valence electrons. The summed E-state index contributed by atoms with van der Waals surface area (Å²) in [4.78, 5) is 41.8. The number of ether oxygens (including phenoxy) is 1. The lowest BCUT2D eigenvalue weighted by Gasteiger charge is -2.55. The van der Waals surface area contributed by atoms with Crippen LogP contribution in [0.5, 0.6) is 11.5 Å². The summed E-state index contributed by atoms with van der Waals surface area (Å²) in [5, 5.41) is 3.36. The summed E-state index contributed by atoms with van der Waals surface area (Å²) in [6.07, 6.45) is 14.1. The van der Waals surface area contributed by atoms with Crippen molar-refractivity contribution in [3.63, 3.8) is 0 Å². The van der Waals surface area contributed by atoms with E-state index in [9.17, 15) is 14.0 Å². The van der Waals surface area contributed by atoms with Crippen LogP contribution < -0.4 is 15.0 Å². The first-order valence-corrected chi connectivity index (χ1v) is 17.8. The number of rotatable bonds is 8. The number of nitrogens with one attached hydrogen (secondary N) is 1. The summed E-state index contributed by atoms with van der Waals surface area (Å²) in [6.45, 7) is 13.4. The summed E-state index contributed by atoms with van der Waals surface area (Å²) >= 11 is 0. The van der Waals surface area contributed by atoms with Crippen LogP contribution in [0.2, 0.25) is 0 Å². The molecule has 0 bridgehead atoms. The molecule has 2 aliphatic carbocycles. The summed E-state index contributed by atoms with van der Waals surface area (Å²) in [5.74, 6) is 1.80. The summed E-state index contributed by atoms with van der Waals surface area (Å²) in [5.41, 5.74) is 0.293. The lowest BCUT2D eigenvalue weighted by atomic mass is 9.70. The molecule has 3 aliphatic heterocycles. The Morgan fingerprint density at radius 1 is 1.09 bits per heavy atom. The number of aromatic nitrogens is 2. The van der Waals surface area contributed by atoms with Gasteiger partial charge in [-0.1, -0.05) is 13.8 Å². The van der Waals surface area contributed by atoms with Crippen LogP contribution in [0.3, 0.4) is 0 Å². The van der Waals surface area contributed by atoms with Crippen LogP contribution >= 0.6 is 0 Å². The molecule has 2 aromatic rings. The van der Waals surface area contributed by atoms with E-state index in [1.54, 1.807) is 12.3 Å².